The van der Waals surface area contributed by atoms with Crippen LogP contribution in [0.1, 0.15) is 46.0 Å². The van der Waals surface area contributed by atoms with Gasteiger partial charge in [0.25, 0.3) is 0 Å². The standard InChI is InChI=1S/C23H28O4/c1-15-5-7-19(17(3)9-15)21-24-11-23(12-25-21)13-26-22(27-14-23)20-8-6-16(2)10-18(20)4/h5-10,21-22H,11-14H2,1-4H3. The fourth-order valence-electron chi connectivity index (χ4n) is 3.90. The largest absolute Gasteiger partial charge is 0.348 e. The Morgan fingerprint density at radius 1 is 0.630 bits per heavy atom. The Kier molecular flexibility index (Phi) is 5.08. The Bertz CT molecular complexity index is 740. The summed E-state index contributed by atoms with van der Waals surface area (Å²) in [7, 11) is 0. The van der Waals surface area contributed by atoms with Gasteiger partial charge in [-0.3, -0.25) is 0 Å². The highest BCUT2D eigenvalue weighted by molar-refractivity contribution is 5.32. The number of hydrogen-bond acceptors (Lipinski definition) is 4. The minimum Gasteiger partial charge on any atom is -0.348 e. The van der Waals surface area contributed by atoms with E-state index >= 15 is 0 Å². The molecule has 0 amide bonds. The zero-order chi connectivity index (χ0) is 19.0. The second-order valence-corrected chi connectivity index (χ2v) is 8.13. The van der Waals surface area contributed by atoms with Crippen LogP contribution < -0.4 is 0 Å². The first-order valence-corrected chi connectivity index (χ1v) is 9.57. The number of rotatable bonds is 2. The predicted molar refractivity (Wildman–Crippen MR) is 104 cm³/mol. The predicted octanol–water partition coefficient (Wildman–Crippen LogP) is 4.70. The van der Waals surface area contributed by atoms with Crippen molar-refractivity contribution in [2.24, 2.45) is 5.41 Å². The minimum atomic E-state index is -0.312. The Balaban J connectivity index is 1.38. The van der Waals surface area contributed by atoms with E-state index in [-0.39, 0.29) is 18.0 Å². The van der Waals surface area contributed by atoms with E-state index in [1.54, 1.807) is 0 Å². The lowest BCUT2D eigenvalue weighted by atomic mass is 9.90. The van der Waals surface area contributed by atoms with Crippen molar-refractivity contribution in [2.75, 3.05) is 26.4 Å². The van der Waals surface area contributed by atoms with Crippen LogP contribution in [0.25, 0.3) is 0 Å². The molecule has 2 aliphatic heterocycles. The zero-order valence-electron chi connectivity index (χ0n) is 16.6. The molecule has 0 aliphatic carbocycles. The number of ether oxygens (including phenoxy) is 4. The monoisotopic (exact) mass is 368 g/mol. The van der Waals surface area contributed by atoms with Gasteiger partial charge in [-0.15, -0.1) is 0 Å². The number of aryl methyl sites for hydroxylation is 4. The van der Waals surface area contributed by atoms with Crippen LogP contribution >= 0.6 is 0 Å². The van der Waals surface area contributed by atoms with Crippen molar-refractivity contribution in [2.45, 2.75) is 40.3 Å². The molecular weight excluding hydrogens is 340 g/mol. The van der Waals surface area contributed by atoms with Gasteiger partial charge in [0.2, 0.25) is 0 Å². The Labute approximate surface area is 161 Å². The molecule has 0 saturated carbocycles. The molecule has 4 nitrogen and oxygen atoms in total. The van der Waals surface area contributed by atoms with Gasteiger partial charge in [0, 0.05) is 11.1 Å². The maximum Gasteiger partial charge on any atom is 0.184 e. The van der Waals surface area contributed by atoms with Gasteiger partial charge in [-0.1, -0.05) is 47.5 Å². The third-order valence-corrected chi connectivity index (χ3v) is 5.52. The molecule has 2 aliphatic rings. The molecule has 4 rings (SSSR count). The van der Waals surface area contributed by atoms with E-state index in [9.17, 15) is 0 Å². The summed E-state index contributed by atoms with van der Waals surface area (Å²) in [5.41, 5.74) is 6.85. The van der Waals surface area contributed by atoms with Gasteiger partial charge < -0.3 is 18.9 Å². The zero-order valence-corrected chi connectivity index (χ0v) is 16.6. The van der Waals surface area contributed by atoms with E-state index in [4.69, 9.17) is 18.9 Å². The van der Waals surface area contributed by atoms with Gasteiger partial charge in [0.1, 0.15) is 0 Å². The van der Waals surface area contributed by atoms with Crippen molar-refractivity contribution in [3.05, 3.63) is 69.8 Å². The van der Waals surface area contributed by atoms with E-state index in [0.29, 0.717) is 26.4 Å². The molecule has 2 aromatic carbocycles. The topological polar surface area (TPSA) is 36.9 Å². The van der Waals surface area contributed by atoms with E-state index in [0.717, 1.165) is 11.1 Å². The van der Waals surface area contributed by atoms with Gasteiger partial charge in [-0.2, -0.15) is 0 Å². The maximum atomic E-state index is 6.08. The smallest absolute Gasteiger partial charge is 0.184 e. The second kappa shape index (κ2) is 7.36. The lowest BCUT2D eigenvalue weighted by Gasteiger charge is -2.44. The molecule has 0 atom stereocenters. The van der Waals surface area contributed by atoms with Crippen molar-refractivity contribution in [3.63, 3.8) is 0 Å². The summed E-state index contributed by atoms with van der Waals surface area (Å²) < 4.78 is 24.3. The molecular formula is C23H28O4. The molecule has 27 heavy (non-hydrogen) atoms. The van der Waals surface area contributed by atoms with Crippen molar-refractivity contribution in [1.82, 2.24) is 0 Å². The van der Waals surface area contributed by atoms with Crippen LogP contribution in [0.2, 0.25) is 0 Å². The fourth-order valence-corrected chi connectivity index (χ4v) is 3.90. The second-order valence-electron chi connectivity index (χ2n) is 8.13. The molecule has 2 saturated heterocycles. The molecule has 1 spiro atoms. The molecule has 2 fully saturated rings. The summed E-state index contributed by atoms with van der Waals surface area (Å²) in [6.45, 7) is 10.7. The fraction of sp³-hybridized carbons (Fsp3) is 0.478. The molecule has 4 heteroatoms. The Morgan fingerprint density at radius 3 is 1.33 bits per heavy atom. The van der Waals surface area contributed by atoms with Crippen LogP contribution in [0.4, 0.5) is 0 Å². The molecule has 0 N–H and O–H groups in total. The first-order chi connectivity index (χ1) is 13.0. The van der Waals surface area contributed by atoms with E-state index in [1.807, 2.05) is 0 Å². The highest BCUT2D eigenvalue weighted by Gasteiger charge is 2.43. The van der Waals surface area contributed by atoms with E-state index in [2.05, 4.69) is 64.1 Å². The van der Waals surface area contributed by atoms with Crippen molar-refractivity contribution in [3.8, 4) is 0 Å². The Hall–Kier alpha value is -1.72. The van der Waals surface area contributed by atoms with Gasteiger partial charge in [0.15, 0.2) is 12.6 Å². The molecule has 0 unspecified atom stereocenters. The average Bonchev–Trinajstić information content (AvgIpc) is 2.64. The third-order valence-electron chi connectivity index (χ3n) is 5.52. The van der Waals surface area contributed by atoms with Gasteiger partial charge >= 0.3 is 0 Å². The molecule has 0 aromatic heterocycles. The van der Waals surface area contributed by atoms with E-state index < -0.39 is 0 Å². The quantitative estimate of drug-likeness (QED) is 0.770. The first kappa shape index (κ1) is 18.6. The van der Waals surface area contributed by atoms with Gasteiger partial charge in [0.05, 0.1) is 31.8 Å². The molecule has 0 bridgehead atoms. The Morgan fingerprint density at radius 2 is 1.00 bits per heavy atom. The number of benzene rings is 2. The van der Waals surface area contributed by atoms with Crippen LogP contribution in [0.5, 0.6) is 0 Å². The minimum absolute atomic E-state index is 0.232. The summed E-state index contributed by atoms with van der Waals surface area (Å²) in [5.74, 6) is 0. The van der Waals surface area contributed by atoms with E-state index in [1.165, 1.54) is 22.3 Å². The summed E-state index contributed by atoms with van der Waals surface area (Å²) >= 11 is 0. The normalized spacial score (nSPS) is 28.4. The summed E-state index contributed by atoms with van der Waals surface area (Å²) in [5, 5.41) is 0. The van der Waals surface area contributed by atoms with Gasteiger partial charge in [-0.05, 0) is 38.8 Å². The molecule has 2 heterocycles. The van der Waals surface area contributed by atoms with Crippen molar-refractivity contribution >= 4 is 0 Å². The summed E-state index contributed by atoms with van der Waals surface area (Å²) in [4.78, 5) is 0. The maximum absolute atomic E-state index is 6.08. The van der Waals surface area contributed by atoms with Crippen LogP contribution in [0.3, 0.4) is 0 Å². The highest BCUT2D eigenvalue weighted by atomic mass is 16.7. The summed E-state index contributed by atoms with van der Waals surface area (Å²) in [6.07, 6.45) is -0.624. The van der Waals surface area contributed by atoms with Crippen LogP contribution in [0.15, 0.2) is 36.4 Å². The van der Waals surface area contributed by atoms with Crippen LogP contribution in [0, 0.1) is 33.1 Å². The first-order valence-electron chi connectivity index (χ1n) is 9.57. The van der Waals surface area contributed by atoms with Crippen LogP contribution in [-0.4, -0.2) is 26.4 Å². The summed E-state index contributed by atoms with van der Waals surface area (Å²) in [6, 6.07) is 12.7. The molecule has 0 radical (unpaired) electrons. The van der Waals surface area contributed by atoms with Crippen molar-refractivity contribution in [1.29, 1.82) is 0 Å². The van der Waals surface area contributed by atoms with Gasteiger partial charge in [-0.25, -0.2) is 0 Å². The number of hydrogen-bond donors (Lipinski definition) is 0. The molecule has 2 aromatic rings. The molecule has 144 valence electrons. The van der Waals surface area contributed by atoms with Crippen LogP contribution in [-0.2, 0) is 18.9 Å². The average molecular weight is 368 g/mol. The van der Waals surface area contributed by atoms with Crippen molar-refractivity contribution < 1.29 is 18.9 Å². The SMILES string of the molecule is Cc1ccc(C2OCC3(CO2)COC(c2ccc(C)cc2C)OC3)c(C)c1. The lowest BCUT2D eigenvalue weighted by molar-refractivity contribution is -0.307. The lowest BCUT2D eigenvalue weighted by Crippen LogP contribution is -2.49. The highest BCUT2D eigenvalue weighted by Crippen LogP contribution is 2.39. The third kappa shape index (κ3) is 3.81.